The molecule has 0 aliphatic rings. The van der Waals surface area contributed by atoms with Crippen molar-refractivity contribution in [3.05, 3.63) is 59.1 Å². The molecule has 0 unspecified atom stereocenters. The normalized spacial score (nSPS) is 10.7. The summed E-state index contributed by atoms with van der Waals surface area (Å²) < 4.78 is 6.27. The van der Waals surface area contributed by atoms with E-state index in [1.807, 2.05) is 30.3 Å². The fourth-order valence-electron chi connectivity index (χ4n) is 2.42. The van der Waals surface area contributed by atoms with E-state index in [1.165, 1.54) is 0 Å². The van der Waals surface area contributed by atoms with Gasteiger partial charge in [-0.2, -0.15) is 5.10 Å². The van der Waals surface area contributed by atoms with Gasteiger partial charge in [0.1, 0.15) is 18.0 Å². The smallest absolute Gasteiger partial charge is 0.297 e. The maximum absolute atomic E-state index is 12.5. The zero-order chi connectivity index (χ0) is 17.1. The van der Waals surface area contributed by atoms with Gasteiger partial charge < -0.3 is 9.84 Å². The third kappa shape index (κ3) is 2.83. The monoisotopic (exact) mass is 324 g/mol. The predicted molar refractivity (Wildman–Crippen MR) is 89.4 cm³/mol. The average molecular weight is 324 g/mol. The highest BCUT2D eigenvalue weighted by atomic mass is 16.5. The zero-order valence-corrected chi connectivity index (χ0v) is 13.2. The van der Waals surface area contributed by atoms with Crippen LogP contribution >= 0.6 is 0 Å². The van der Waals surface area contributed by atoms with Crippen LogP contribution in [0.5, 0.6) is 0 Å². The van der Waals surface area contributed by atoms with Crippen molar-refractivity contribution in [2.45, 2.75) is 13.5 Å². The van der Waals surface area contributed by atoms with Gasteiger partial charge in [-0.25, -0.2) is 4.68 Å². The van der Waals surface area contributed by atoms with Gasteiger partial charge in [0.25, 0.3) is 5.56 Å². The SMILES string of the molecule is C=CCNC(=O)Cn1nc(-c2ccccc2)c2c(C)onc2c1=O. The van der Waals surface area contributed by atoms with Crippen molar-refractivity contribution in [2.75, 3.05) is 6.54 Å². The number of benzene rings is 1. The van der Waals surface area contributed by atoms with E-state index in [0.717, 1.165) is 10.2 Å². The summed E-state index contributed by atoms with van der Waals surface area (Å²) in [6.07, 6.45) is 1.56. The minimum absolute atomic E-state index is 0.165. The highest BCUT2D eigenvalue weighted by Crippen LogP contribution is 2.26. The predicted octanol–water partition coefficient (Wildman–Crippen LogP) is 1.66. The van der Waals surface area contributed by atoms with Gasteiger partial charge >= 0.3 is 0 Å². The van der Waals surface area contributed by atoms with Gasteiger partial charge in [-0.3, -0.25) is 9.59 Å². The van der Waals surface area contributed by atoms with Crippen molar-refractivity contribution < 1.29 is 9.32 Å². The van der Waals surface area contributed by atoms with E-state index < -0.39 is 5.56 Å². The number of nitrogens with zero attached hydrogens (tertiary/aromatic N) is 3. The van der Waals surface area contributed by atoms with E-state index in [2.05, 4.69) is 22.2 Å². The van der Waals surface area contributed by atoms with Crippen LogP contribution in [0.3, 0.4) is 0 Å². The van der Waals surface area contributed by atoms with Crippen LogP contribution in [0.4, 0.5) is 0 Å². The summed E-state index contributed by atoms with van der Waals surface area (Å²) in [5.74, 6) is 0.180. The van der Waals surface area contributed by atoms with Crippen LogP contribution in [0.25, 0.3) is 22.2 Å². The largest absolute Gasteiger partial charge is 0.360 e. The summed E-state index contributed by atoms with van der Waals surface area (Å²) in [5, 5.41) is 11.4. The highest BCUT2D eigenvalue weighted by molar-refractivity contribution is 5.93. The Morgan fingerprint density at radius 1 is 1.38 bits per heavy atom. The van der Waals surface area contributed by atoms with E-state index in [-0.39, 0.29) is 18.0 Å². The fraction of sp³-hybridized carbons (Fsp3) is 0.176. The molecule has 7 nitrogen and oxygen atoms in total. The number of carbonyl (C=O) groups is 1. The van der Waals surface area contributed by atoms with Crippen LogP contribution in [0.1, 0.15) is 5.76 Å². The lowest BCUT2D eigenvalue weighted by atomic mass is 10.1. The summed E-state index contributed by atoms with van der Waals surface area (Å²) in [6.45, 7) is 5.38. The second kappa shape index (κ2) is 6.49. The molecule has 1 aromatic carbocycles. The van der Waals surface area contributed by atoms with Crippen molar-refractivity contribution in [3.63, 3.8) is 0 Å². The number of hydrogen-bond acceptors (Lipinski definition) is 5. The standard InChI is InChI=1S/C17H16N4O3/c1-3-9-18-13(22)10-21-17(23)16-14(11(2)24-20-16)15(19-21)12-7-5-4-6-8-12/h3-8H,1,9-10H2,2H3,(H,18,22). The molecule has 0 bridgehead atoms. The molecule has 1 N–H and O–H groups in total. The van der Waals surface area contributed by atoms with Crippen LogP contribution in [0, 0.1) is 6.92 Å². The molecule has 0 fully saturated rings. The first-order chi connectivity index (χ1) is 11.6. The molecule has 24 heavy (non-hydrogen) atoms. The summed E-state index contributed by atoms with van der Waals surface area (Å²) in [7, 11) is 0. The summed E-state index contributed by atoms with van der Waals surface area (Å²) in [4.78, 5) is 24.4. The minimum Gasteiger partial charge on any atom is -0.360 e. The van der Waals surface area contributed by atoms with E-state index in [1.54, 1.807) is 13.0 Å². The Labute approximate surface area is 137 Å². The first-order valence-corrected chi connectivity index (χ1v) is 7.42. The number of fused-ring (bicyclic) bond motifs is 1. The number of aromatic nitrogens is 3. The van der Waals surface area contributed by atoms with Crippen LogP contribution < -0.4 is 10.9 Å². The molecule has 1 amide bonds. The number of nitrogens with one attached hydrogen (secondary N) is 1. The Morgan fingerprint density at radius 2 is 2.12 bits per heavy atom. The van der Waals surface area contributed by atoms with Gasteiger partial charge in [0.2, 0.25) is 5.91 Å². The van der Waals surface area contributed by atoms with Gasteiger partial charge in [-0.15, -0.1) is 6.58 Å². The van der Waals surface area contributed by atoms with E-state index in [4.69, 9.17) is 4.52 Å². The third-order valence-electron chi connectivity index (χ3n) is 3.54. The number of carbonyl (C=O) groups excluding carboxylic acids is 1. The van der Waals surface area contributed by atoms with E-state index in [0.29, 0.717) is 23.4 Å². The molecule has 3 aromatic rings. The maximum Gasteiger partial charge on any atom is 0.297 e. The molecule has 0 atom stereocenters. The minimum atomic E-state index is -0.463. The second-order valence-electron chi connectivity index (χ2n) is 5.23. The molecular formula is C17H16N4O3. The first-order valence-electron chi connectivity index (χ1n) is 7.42. The van der Waals surface area contributed by atoms with Crippen LogP contribution in [0.15, 0.2) is 52.3 Å². The van der Waals surface area contributed by atoms with E-state index >= 15 is 0 Å². The molecule has 122 valence electrons. The quantitative estimate of drug-likeness (QED) is 0.721. The van der Waals surface area contributed by atoms with Crippen LogP contribution in [-0.4, -0.2) is 27.4 Å². The highest BCUT2D eigenvalue weighted by Gasteiger charge is 2.19. The lowest BCUT2D eigenvalue weighted by molar-refractivity contribution is -0.121. The second-order valence-corrected chi connectivity index (χ2v) is 5.23. The van der Waals surface area contributed by atoms with Crippen LogP contribution in [-0.2, 0) is 11.3 Å². The van der Waals surface area contributed by atoms with Gasteiger partial charge in [0, 0.05) is 12.1 Å². The Kier molecular flexibility index (Phi) is 4.24. The number of amides is 1. The molecule has 0 saturated heterocycles. The Bertz CT molecular complexity index is 957. The number of rotatable bonds is 5. The molecule has 0 radical (unpaired) electrons. The molecule has 7 heteroatoms. The van der Waals surface area contributed by atoms with Crippen molar-refractivity contribution in [1.82, 2.24) is 20.3 Å². The number of hydrogen-bond donors (Lipinski definition) is 1. The molecule has 0 aliphatic heterocycles. The van der Waals surface area contributed by atoms with E-state index in [9.17, 15) is 9.59 Å². The molecule has 3 rings (SSSR count). The molecule has 0 spiro atoms. The Hall–Kier alpha value is -3.22. The zero-order valence-electron chi connectivity index (χ0n) is 13.2. The third-order valence-corrected chi connectivity index (χ3v) is 3.54. The van der Waals surface area contributed by atoms with Crippen molar-refractivity contribution in [2.24, 2.45) is 0 Å². The molecule has 0 saturated carbocycles. The molecule has 2 heterocycles. The number of aryl methyl sites for hydroxylation is 1. The molecule has 2 aromatic heterocycles. The lowest BCUT2D eigenvalue weighted by Gasteiger charge is -2.08. The van der Waals surface area contributed by atoms with Crippen LogP contribution in [0.2, 0.25) is 0 Å². The fourth-order valence-corrected chi connectivity index (χ4v) is 2.42. The molecule has 0 aliphatic carbocycles. The Morgan fingerprint density at radius 3 is 2.83 bits per heavy atom. The van der Waals surface area contributed by atoms with Gasteiger partial charge in [0.05, 0.1) is 5.39 Å². The van der Waals surface area contributed by atoms with Gasteiger partial charge in [-0.1, -0.05) is 41.6 Å². The summed E-state index contributed by atoms with van der Waals surface area (Å²) in [6, 6.07) is 9.39. The van der Waals surface area contributed by atoms with Crippen molar-refractivity contribution >= 4 is 16.8 Å². The lowest BCUT2D eigenvalue weighted by Crippen LogP contribution is -2.34. The first kappa shape index (κ1) is 15.7. The average Bonchev–Trinajstić information content (AvgIpc) is 2.98. The molecular weight excluding hydrogens is 308 g/mol. The summed E-state index contributed by atoms with van der Waals surface area (Å²) >= 11 is 0. The maximum atomic E-state index is 12.5. The topological polar surface area (TPSA) is 90.0 Å². The Balaban J connectivity index is 2.15. The van der Waals surface area contributed by atoms with Crippen molar-refractivity contribution in [3.8, 4) is 11.3 Å². The van der Waals surface area contributed by atoms with Gasteiger partial charge in [0.15, 0.2) is 5.52 Å². The summed E-state index contributed by atoms with van der Waals surface area (Å²) in [5.41, 5.74) is 1.07. The van der Waals surface area contributed by atoms with Crippen molar-refractivity contribution in [1.29, 1.82) is 0 Å². The van der Waals surface area contributed by atoms with Gasteiger partial charge in [-0.05, 0) is 6.92 Å².